The average Bonchev–Trinajstić information content (AvgIpc) is 2.79. The van der Waals surface area contributed by atoms with E-state index in [0.717, 1.165) is 9.26 Å². The number of nitro groups is 1. The second kappa shape index (κ2) is 9.69. The van der Waals surface area contributed by atoms with E-state index < -0.39 is 10.8 Å². The number of halogens is 1. The van der Waals surface area contributed by atoms with Crippen molar-refractivity contribution in [1.82, 2.24) is 0 Å². The van der Waals surface area contributed by atoms with Crippen LogP contribution in [0.15, 0.2) is 72.8 Å². The standard InChI is InChI=1S/C23H20IN3O4/c1-3-26(23(29)17-11-5-8-14-20(17)27(30)31)19-13-7-4-10-16(19)22(28)25(2)21-15-9-6-12-18(21)24/h4-15H,3H2,1-2H3. The number of rotatable bonds is 6. The summed E-state index contributed by atoms with van der Waals surface area (Å²) in [5, 5.41) is 11.4. The fraction of sp³-hybridized carbons (Fsp3) is 0.130. The van der Waals surface area contributed by atoms with Gasteiger partial charge in [-0.05, 0) is 59.8 Å². The normalized spacial score (nSPS) is 10.4. The van der Waals surface area contributed by atoms with Gasteiger partial charge in [0, 0.05) is 23.2 Å². The molecule has 0 fully saturated rings. The maximum absolute atomic E-state index is 13.3. The lowest BCUT2D eigenvalue weighted by molar-refractivity contribution is -0.385. The number of nitrogens with zero attached hydrogens (tertiary/aromatic N) is 3. The summed E-state index contributed by atoms with van der Waals surface area (Å²) >= 11 is 2.16. The lowest BCUT2D eigenvalue weighted by Gasteiger charge is -2.26. The zero-order valence-corrected chi connectivity index (χ0v) is 19.1. The van der Waals surface area contributed by atoms with Crippen LogP contribution in [0.1, 0.15) is 27.6 Å². The van der Waals surface area contributed by atoms with Crippen LogP contribution in [0.2, 0.25) is 0 Å². The molecule has 0 aromatic heterocycles. The highest BCUT2D eigenvalue weighted by atomic mass is 127. The Morgan fingerprint density at radius 3 is 2.03 bits per heavy atom. The van der Waals surface area contributed by atoms with Gasteiger partial charge in [0.15, 0.2) is 0 Å². The summed E-state index contributed by atoms with van der Waals surface area (Å²) in [6.07, 6.45) is 0. The Morgan fingerprint density at radius 1 is 0.871 bits per heavy atom. The molecule has 0 aliphatic carbocycles. The summed E-state index contributed by atoms with van der Waals surface area (Å²) in [6, 6.07) is 20.1. The number of carbonyl (C=O) groups is 2. The van der Waals surface area contributed by atoms with Gasteiger partial charge < -0.3 is 9.80 Å². The SMILES string of the molecule is CCN(C(=O)c1ccccc1[N+](=O)[O-])c1ccccc1C(=O)N(C)c1ccccc1I. The van der Waals surface area contributed by atoms with Gasteiger partial charge in [-0.3, -0.25) is 19.7 Å². The lowest BCUT2D eigenvalue weighted by atomic mass is 10.1. The van der Waals surface area contributed by atoms with Gasteiger partial charge in [0.1, 0.15) is 5.56 Å². The molecule has 3 rings (SSSR count). The van der Waals surface area contributed by atoms with Crippen molar-refractivity contribution in [3.63, 3.8) is 0 Å². The number of para-hydroxylation sites is 3. The molecule has 0 saturated carbocycles. The first-order valence-corrected chi connectivity index (χ1v) is 10.6. The minimum Gasteiger partial charge on any atom is -0.310 e. The highest BCUT2D eigenvalue weighted by molar-refractivity contribution is 14.1. The van der Waals surface area contributed by atoms with Crippen LogP contribution in [-0.2, 0) is 0 Å². The predicted molar refractivity (Wildman–Crippen MR) is 129 cm³/mol. The first kappa shape index (κ1) is 22.4. The zero-order valence-electron chi connectivity index (χ0n) is 17.0. The van der Waals surface area contributed by atoms with Crippen LogP contribution in [0, 0.1) is 13.7 Å². The van der Waals surface area contributed by atoms with Crippen LogP contribution >= 0.6 is 22.6 Å². The lowest BCUT2D eigenvalue weighted by Crippen LogP contribution is -2.34. The van der Waals surface area contributed by atoms with E-state index in [0.29, 0.717) is 11.3 Å². The summed E-state index contributed by atoms with van der Waals surface area (Å²) in [7, 11) is 1.68. The van der Waals surface area contributed by atoms with E-state index in [2.05, 4.69) is 22.6 Å². The molecule has 158 valence electrons. The number of benzene rings is 3. The smallest absolute Gasteiger partial charge is 0.282 e. The number of carbonyl (C=O) groups excluding carboxylic acids is 2. The van der Waals surface area contributed by atoms with Gasteiger partial charge in [-0.1, -0.05) is 36.4 Å². The van der Waals surface area contributed by atoms with Gasteiger partial charge >= 0.3 is 0 Å². The largest absolute Gasteiger partial charge is 0.310 e. The number of anilines is 2. The van der Waals surface area contributed by atoms with Gasteiger partial charge in [0.2, 0.25) is 0 Å². The number of hydrogen-bond donors (Lipinski definition) is 0. The van der Waals surface area contributed by atoms with Crippen LogP contribution in [0.4, 0.5) is 17.1 Å². The Kier molecular flexibility index (Phi) is 7.01. The van der Waals surface area contributed by atoms with Crippen LogP contribution in [-0.4, -0.2) is 30.3 Å². The number of hydrogen-bond acceptors (Lipinski definition) is 4. The predicted octanol–water partition coefficient (Wildman–Crippen LogP) is 5.14. The molecule has 3 aromatic carbocycles. The van der Waals surface area contributed by atoms with E-state index in [-0.39, 0.29) is 23.7 Å². The fourth-order valence-corrected chi connectivity index (χ4v) is 4.04. The highest BCUT2D eigenvalue weighted by Gasteiger charge is 2.28. The summed E-state index contributed by atoms with van der Waals surface area (Å²) < 4.78 is 0.914. The molecule has 0 saturated heterocycles. The molecule has 0 atom stereocenters. The molecule has 8 heteroatoms. The molecule has 0 heterocycles. The van der Waals surface area contributed by atoms with E-state index in [1.807, 2.05) is 24.3 Å². The van der Waals surface area contributed by atoms with E-state index in [1.54, 1.807) is 44.3 Å². The molecule has 3 aromatic rings. The summed E-state index contributed by atoms with van der Waals surface area (Å²) in [4.78, 5) is 40.4. The van der Waals surface area contributed by atoms with E-state index in [9.17, 15) is 19.7 Å². The fourth-order valence-electron chi connectivity index (χ4n) is 3.29. The molecule has 31 heavy (non-hydrogen) atoms. The van der Waals surface area contributed by atoms with Crippen LogP contribution in [0.25, 0.3) is 0 Å². The maximum atomic E-state index is 13.3. The number of nitro benzene ring substituents is 1. The van der Waals surface area contributed by atoms with E-state index in [1.165, 1.54) is 28.0 Å². The Hall–Kier alpha value is -3.27. The third kappa shape index (κ3) is 4.58. The van der Waals surface area contributed by atoms with Crippen molar-refractivity contribution in [3.8, 4) is 0 Å². The first-order chi connectivity index (χ1) is 14.9. The van der Waals surface area contributed by atoms with Crippen molar-refractivity contribution in [2.24, 2.45) is 0 Å². The molecule has 0 N–H and O–H groups in total. The Morgan fingerprint density at radius 2 is 1.42 bits per heavy atom. The van der Waals surface area contributed by atoms with Crippen molar-refractivity contribution in [1.29, 1.82) is 0 Å². The maximum Gasteiger partial charge on any atom is 0.282 e. The van der Waals surface area contributed by atoms with E-state index in [4.69, 9.17) is 0 Å². The van der Waals surface area contributed by atoms with Crippen molar-refractivity contribution in [2.45, 2.75) is 6.92 Å². The molecule has 0 radical (unpaired) electrons. The van der Waals surface area contributed by atoms with Crippen LogP contribution in [0.5, 0.6) is 0 Å². The van der Waals surface area contributed by atoms with Gasteiger partial charge in [-0.15, -0.1) is 0 Å². The molecule has 0 aliphatic heterocycles. The minimum absolute atomic E-state index is 0.0254. The second-order valence-corrected chi connectivity index (χ2v) is 7.82. The summed E-state index contributed by atoms with van der Waals surface area (Å²) in [5.74, 6) is -0.819. The van der Waals surface area contributed by atoms with Gasteiger partial charge in [-0.25, -0.2) is 0 Å². The third-order valence-corrected chi connectivity index (χ3v) is 5.75. The van der Waals surface area contributed by atoms with E-state index >= 15 is 0 Å². The molecular formula is C23H20IN3O4. The molecule has 0 unspecified atom stereocenters. The Bertz CT molecular complexity index is 1150. The molecule has 7 nitrogen and oxygen atoms in total. The summed E-state index contributed by atoms with van der Waals surface area (Å²) in [5.41, 5.74) is 1.18. The zero-order chi connectivity index (χ0) is 22.5. The van der Waals surface area contributed by atoms with Gasteiger partial charge in [0.05, 0.1) is 21.9 Å². The van der Waals surface area contributed by atoms with Crippen molar-refractivity contribution < 1.29 is 14.5 Å². The molecule has 2 amide bonds. The summed E-state index contributed by atoms with van der Waals surface area (Å²) in [6.45, 7) is 2.00. The third-order valence-electron chi connectivity index (χ3n) is 4.84. The number of amides is 2. The van der Waals surface area contributed by atoms with Gasteiger partial charge in [0.25, 0.3) is 17.5 Å². The van der Waals surface area contributed by atoms with Crippen LogP contribution in [0.3, 0.4) is 0 Å². The molecule has 0 bridgehead atoms. The van der Waals surface area contributed by atoms with Crippen molar-refractivity contribution >= 4 is 51.5 Å². The topological polar surface area (TPSA) is 83.8 Å². The highest BCUT2D eigenvalue weighted by Crippen LogP contribution is 2.29. The molecule has 0 aliphatic rings. The quantitative estimate of drug-likeness (QED) is 0.252. The minimum atomic E-state index is -0.580. The monoisotopic (exact) mass is 529 g/mol. The molecule has 0 spiro atoms. The first-order valence-electron chi connectivity index (χ1n) is 9.53. The average molecular weight is 529 g/mol. The Labute approximate surface area is 193 Å². The van der Waals surface area contributed by atoms with Gasteiger partial charge in [-0.2, -0.15) is 0 Å². The second-order valence-electron chi connectivity index (χ2n) is 6.66. The molecular weight excluding hydrogens is 509 g/mol. The van der Waals surface area contributed by atoms with Crippen molar-refractivity contribution in [3.05, 3.63) is 97.6 Å². The van der Waals surface area contributed by atoms with Crippen LogP contribution < -0.4 is 9.80 Å². The Balaban J connectivity index is 2.04. The van der Waals surface area contributed by atoms with Crippen molar-refractivity contribution in [2.75, 3.05) is 23.4 Å².